The minimum absolute atomic E-state index is 0.181. The largest absolute Gasteiger partial charge is 0.396 e. The lowest BCUT2D eigenvalue weighted by Gasteiger charge is -2.44. The zero-order valence-electron chi connectivity index (χ0n) is 19.7. The molecule has 2 unspecified atom stereocenters. The zero-order valence-corrected chi connectivity index (χ0v) is 19.7. The highest BCUT2D eigenvalue weighted by Gasteiger charge is 2.59. The Labute approximate surface area is 207 Å². The van der Waals surface area contributed by atoms with Gasteiger partial charge in [0.05, 0.1) is 45.7 Å². The summed E-state index contributed by atoms with van der Waals surface area (Å²) in [5.74, 6) is -3.06. The topological polar surface area (TPSA) is 252 Å². The summed E-state index contributed by atoms with van der Waals surface area (Å²) in [4.78, 5) is 0. The van der Waals surface area contributed by atoms with Gasteiger partial charge < -0.3 is 74.7 Å². The van der Waals surface area contributed by atoms with E-state index in [0.717, 1.165) is 0 Å². The lowest BCUT2D eigenvalue weighted by Crippen LogP contribution is -2.62. The molecule has 0 aliphatic carbocycles. The Kier molecular flexibility index (Phi) is 10.4. The van der Waals surface area contributed by atoms with E-state index in [4.69, 9.17) is 23.7 Å². The van der Waals surface area contributed by atoms with E-state index in [1.165, 1.54) is 0 Å². The van der Waals surface area contributed by atoms with Crippen LogP contribution >= 0.6 is 0 Å². The number of aliphatic hydroxyl groups excluding tert-OH is 10. The van der Waals surface area contributed by atoms with Gasteiger partial charge in [-0.2, -0.15) is 0 Å². The third-order valence-corrected chi connectivity index (χ3v) is 7.22. The molecule has 0 radical (unpaired) electrons. The molecule has 0 amide bonds. The first-order valence-corrected chi connectivity index (χ1v) is 11.8. The van der Waals surface area contributed by atoms with Gasteiger partial charge in [-0.05, 0) is 6.42 Å². The molecule has 3 rings (SSSR count). The highest BCUT2D eigenvalue weighted by molar-refractivity contribution is 4.99. The molecule has 3 aliphatic rings. The lowest BCUT2D eigenvalue weighted by atomic mass is 9.73. The maximum Gasteiger partial charge on any atom is 0.224 e. The van der Waals surface area contributed by atoms with Gasteiger partial charge in [0.2, 0.25) is 5.79 Å². The maximum absolute atomic E-state index is 10.7. The average Bonchev–Trinajstić information content (AvgIpc) is 3.67. The second-order valence-electron chi connectivity index (χ2n) is 9.63. The van der Waals surface area contributed by atoms with E-state index in [1.54, 1.807) is 0 Å². The van der Waals surface area contributed by atoms with Crippen LogP contribution in [0.15, 0.2) is 0 Å². The molecule has 10 N–H and O–H groups in total. The predicted octanol–water partition coefficient (Wildman–Crippen LogP) is -6.00. The van der Waals surface area contributed by atoms with Crippen molar-refractivity contribution < 1.29 is 74.7 Å². The van der Waals surface area contributed by atoms with Crippen molar-refractivity contribution in [2.45, 2.75) is 67.3 Å². The van der Waals surface area contributed by atoms with Crippen LogP contribution in [0, 0.1) is 11.3 Å². The van der Waals surface area contributed by atoms with Crippen LogP contribution in [0.2, 0.25) is 0 Å². The van der Waals surface area contributed by atoms with Gasteiger partial charge in [-0.25, -0.2) is 0 Å². The van der Waals surface area contributed by atoms with Crippen molar-refractivity contribution in [3.05, 3.63) is 0 Å². The number of ether oxygens (including phenoxy) is 5. The summed E-state index contributed by atoms with van der Waals surface area (Å²) in [5, 5.41) is 100. The van der Waals surface area contributed by atoms with Crippen molar-refractivity contribution >= 4 is 0 Å². The summed E-state index contributed by atoms with van der Waals surface area (Å²) in [7, 11) is 0. The van der Waals surface area contributed by atoms with Crippen LogP contribution in [0.5, 0.6) is 0 Å². The molecular weight excluding hydrogens is 492 g/mol. The van der Waals surface area contributed by atoms with Crippen LogP contribution in [-0.2, 0) is 23.7 Å². The molecule has 0 aromatic heterocycles. The third kappa shape index (κ3) is 6.01. The van der Waals surface area contributed by atoms with Gasteiger partial charge in [0.15, 0.2) is 6.29 Å². The summed E-state index contributed by atoms with van der Waals surface area (Å²) >= 11 is 0. The number of epoxide rings is 1. The first kappa shape index (κ1) is 29.9. The van der Waals surface area contributed by atoms with Gasteiger partial charge in [0, 0.05) is 17.9 Å². The fourth-order valence-electron chi connectivity index (χ4n) is 4.63. The molecule has 0 aromatic rings. The highest BCUT2D eigenvalue weighted by atomic mass is 16.8. The van der Waals surface area contributed by atoms with Crippen molar-refractivity contribution in [3.63, 3.8) is 0 Å². The zero-order chi connectivity index (χ0) is 26.7. The van der Waals surface area contributed by atoms with Crippen LogP contribution < -0.4 is 0 Å². The first-order chi connectivity index (χ1) is 17.1. The van der Waals surface area contributed by atoms with Gasteiger partial charge in [-0.3, -0.25) is 0 Å². The molecule has 15 nitrogen and oxygen atoms in total. The van der Waals surface area contributed by atoms with Crippen LogP contribution in [0.4, 0.5) is 0 Å². The molecule has 15 heteroatoms. The van der Waals surface area contributed by atoms with E-state index >= 15 is 0 Å². The van der Waals surface area contributed by atoms with Crippen molar-refractivity contribution in [1.29, 1.82) is 0 Å². The van der Waals surface area contributed by atoms with E-state index in [1.807, 2.05) is 0 Å². The molecule has 0 aromatic carbocycles. The maximum atomic E-state index is 10.7. The molecule has 3 heterocycles. The summed E-state index contributed by atoms with van der Waals surface area (Å²) in [6.07, 6.45) is -13.2. The minimum Gasteiger partial charge on any atom is -0.396 e. The van der Waals surface area contributed by atoms with Gasteiger partial charge in [0.1, 0.15) is 49.3 Å². The Morgan fingerprint density at radius 3 is 2.00 bits per heavy atom. The van der Waals surface area contributed by atoms with E-state index in [0.29, 0.717) is 6.61 Å². The first-order valence-electron chi connectivity index (χ1n) is 11.8. The molecule has 3 saturated heterocycles. The SMILES string of the molecule is OCC(COC[C@@]1(O[C@H]2O[C@H](CO)[C@@H](O)[C@H](O)[C@H]2O)O[C@H](CO)[C@@H](O)[C@@H]1O)C(CO)(CO)CC1CO1. The van der Waals surface area contributed by atoms with Crippen LogP contribution in [0.1, 0.15) is 6.42 Å². The summed E-state index contributed by atoms with van der Waals surface area (Å²) in [5.41, 5.74) is -1.15. The minimum atomic E-state index is -2.26. The fraction of sp³-hybridized carbons (Fsp3) is 1.00. The Balaban J connectivity index is 1.76. The van der Waals surface area contributed by atoms with Gasteiger partial charge in [-0.1, -0.05) is 0 Å². The molecule has 0 saturated carbocycles. The molecule has 3 aliphatic heterocycles. The molecule has 36 heavy (non-hydrogen) atoms. The van der Waals surface area contributed by atoms with Crippen molar-refractivity contribution in [2.75, 3.05) is 52.9 Å². The van der Waals surface area contributed by atoms with E-state index in [-0.39, 0.29) is 19.1 Å². The summed E-state index contributed by atoms with van der Waals surface area (Å²) < 4.78 is 27.3. The van der Waals surface area contributed by atoms with Crippen molar-refractivity contribution in [2.24, 2.45) is 11.3 Å². The second kappa shape index (κ2) is 12.5. The number of rotatable bonds is 14. The monoisotopic (exact) mass is 530 g/mol. The van der Waals surface area contributed by atoms with Gasteiger partial charge in [0.25, 0.3) is 0 Å². The molecule has 0 bridgehead atoms. The Hall–Kier alpha value is -0.600. The molecular formula is C21H38O15. The summed E-state index contributed by atoms with van der Waals surface area (Å²) in [6.45, 7) is -3.38. The quantitative estimate of drug-likeness (QED) is 0.0938. The van der Waals surface area contributed by atoms with E-state index < -0.39 is 106 Å². The standard InChI is InChI=1S/C21H38O15/c22-2-10(20(7-25,8-26)1-11-6-33-11)5-32-9-21(18(31)15(28)13(4-24)35-21)36-19-17(30)16(29)14(27)12(3-23)34-19/h10-19,22-31H,1-9H2/t10?,11?,12-,13-,14-,15-,16+,17-,18+,19-,21+/m1/s1. The Morgan fingerprint density at radius 2 is 1.50 bits per heavy atom. The van der Waals surface area contributed by atoms with E-state index in [9.17, 15) is 51.1 Å². The smallest absolute Gasteiger partial charge is 0.224 e. The molecule has 11 atom stereocenters. The highest BCUT2D eigenvalue weighted by Crippen LogP contribution is 2.39. The second-order valence-corrected chi connectivity index (χ2v) is 9.63. The fourth-order valence-corrected chi connectivity index (χ4v) is 4.63. The normalized spacial score (nSPS) is 42.0. The Bertz CT molecular complexity index is 674. The molecule has 212 valence electrons. The third-order valence-electron chi connectivity index (χ3n) is 7.22. The van der Waals surface area contributed by atoms with Crippen LogP contribution in [0.25, 0.3) is 0 Å². The lowest BCUT2D eigenvalue weighted by molar-refractivity contribution is -0.386. The van der Waals surface area contributed by atoms with Gasteiger partial charge >= 0.3 is 0 Å². The van der Waals surface area contributed by atoms with Gasteiger partial charge in [-0.15, -0.1) is 0 Å². The molecule has 3 fully saturated rings. The number of hydrogen-bond donors (Lipinski definition) is 10. The van der Waals surface area contributed by atoms with Crippen molar-refractivity contribution in [1.82, 2.24) is 0 Å². The summed E-state index contributed by atoms with van der Waals surface area (Å²) in [6, 6.07) is 0. The molecule has 0 spiro atoms. The number of aliphatic hydroxyl groups is 10. The predicted molar refractivity (Wildman–Crippen MR) is 114 cm³/mol. The van der Waals surface area contributed by atoms with E-state index in [2.05, 4.69) is 0 Å². The Morgan fingerprint density at radius 1 is 0.861 bits per heavy atom. The average molecular weight is 531 g/mol. The van der Waals surface area contributed by atoms with Crippen LogP contribution in [-0.4, -0.2) is 165 Å². The van der Waals surface area contributed by atoms with Crippen molar-refractivity contribution in [3.8, 4) is 0 Å². The number of hydrogen-bond acceptors (Lipinski definition) is 15. The van der Waals surface area contributed by atoms with Crippen LogP contribution in [0.3, 0.4) is 0 Å².